The van der Waals surface area contributed by atoms with E-state index in [9.17, 15) is 0 Å². The van der Waals surface area contributed by atoms with Gasteiger partial charge in [-0.15, -0.1) is 0 Å². The van der Waals surface area contributed by atoms with Crippen LogP contribution >= 0.6 is 0 Å². The Labute approximate surface area is 134 Å². The summed E-state index contributed by atoms with van der Waals surface area (Å²) in [7, 11) is 0. The van der Waals surface area contributed by atoms with E-state index in [-0.39, 0.29) is 6.23 Å². The molecule has 22 heavy (non-hydrogen) atoms. The molecule has 0 aliphatic rings. The van der Waals surface area contributed by atoms with E-state index in [1.54, 1.807) is 0 Å². The quantitative estimate of drug-likeness (QED) is 0.584. The molecule has 1 atom stereocenters. The van der Waals surface area contributed by atoms with E-state index >= 15 is 0 Å². The molecule has 2 heteroatoms. The number of hydrogen-bond donors (Lipinski definition) is 0. The molecular weight excluding hydrogens is 270 g/mol. The Hall–Kier alpha value is -1.80. The van der Waals surface area contributed by atoms with Crippen molar-refractivity contribution >= 4 is 0 Å². The predicted molar refractivity (Wildman–Crippen MR) is 93.0 cm³/mol. The summed E-state index contributed by atoms with van der Waals surface area (Å²) in [5, 5.41) is 0. The molecule has 0 saturated heterocycles. The molecule has 2 rings (SSSR count). The van der Waals surface area contributed by atoms with Gasteiger partial charge in [0, 0.05) is 18.7 Å². The Morgan fingerprint density at radius 2 is 1.45 bits per heavy atom. The number of unbranched alkanes of at least 4 members (excludes halogenated alkanes) is 1. The standard InChI is InChI=1S/C20H27NO/c1-3-5-17-21(16-4-2)20(18-12-8-6-9-13-18)22-19-14-10-7-11-15-19/h6-15,20H,3-5,16-17H2,1-2H3. The first kappa shape index (κ1) is 16.6. The van der Waals surface area contributed by atoms with Crippen LogP contribution in [0.5, 0.6) is 5.75 Å². The van der Waals surface area contributed by atoms with Crippen LogP contribution in [-0.4, -0.2) is 18.0 Å². The van der Waals surface area contributed by atoms with Gasteiger partial charge in [-0.05, 0) is 25.0 Å². The summed E-state index contributed by atoms with van der Waals surface area (Å²) in [4.78, 5) is 2.45. The van der Waals surface area contributed by atoms with E-state index in [1.165, 1.54) is 18.4 Å². The topological polar surface area (TPSA) is 12.5 Å². The van der Waals surface area contributed by atoms with Crippen LogP contribution in [0.1, 0.15) is 44.9 Å². The van der Waals surface area contributed by atoms with Gasteiger partial charge >= 0.3 is 0 Å². The third-order valence-corrected chi connectivity index (χ3v) is 3.72. The fourth-order valence-electron chi connectivity index (χ4n) is 2.59. The van der Waals surface area contributed by atoms with Gasteiger partial charge in [-0.25, -0.2) is 0 Å². The Morgan fingerprint density at radius 1 is 0.818 bits per heavy atom. The first-order valence-corrected chi connectivity index (χ1v) is 8.35. The molecule has 0 aliphatic heterocycles. The van der Waals surface area contributed by atoms with Crippen LogP contribution in [0.15, 0.2) is 60.7 Å². The number of benzene rings is 2. The third-order valence-electron chi connectivity index (χ3n) is 3.72. The van der Waals surface area contributed by atoms with Crippen LogP contribution in [-0.2, 0) is 0 Å². The van der Waals surface area contributed by atoms with Crippen LogP contribution < -0.4 is 4.74 Å². The molecule has 2 aromatic carbocycles. The summed E-state index contributed by atoms with van der Waals surface area (Å²) in [5.74, 6) is 0.925. The van der Waals surface area contributed by atoms with Crippen molar-refractivity contribution in [1.29, 1.82) is 0 Å². The molecule has 0 heterocycles. The zero-order valence-electron chi connectivity index (χ0n) is 13.7. The minimum atomic E-state index is -0.0184. The number of hydrogen-bond acceptors (Lipinski definition) is 2. The fraction of sp³-hybridized carbons (Fsp3) is 0.400. The van der Waals surface area contributed by atoms with Gasteiger partial charge in [0.2, 0.25) is 0 Å². The van der Waals surface area contributed by atoms with Crippen molar-refractivity contribution in [3.8, 4) is 5.75 Å². The highest BCUT2D eigenvalue weighted by molar-refractivity contribution is 5.24. The van der Waals surface area contributed by atoms with Crippen molar-refractivity contribution in [1.82, 2.24) is 4.90 Å². The normalized spacial score (nSPS) is 12.3. The molecule has 0 spiro atoms. The summed E-state index contributed by atoms with van der Waals surface area (Å²) in [6.45, 7) is 6.58. The zero-order chi connectivity index (χ0) is 15.6. The van der Waals surface area contributed by atoms with Gasteiger partial charge in [-0.3, -0.25) is 4.90 Å². The smallest absolute Gasteiger partial charge is 0.178 e. The van der Waals surface area contributed by atoms with E-state index in [0.717, 1.165) is 25.3 Å². The van der Waals surface area contributed by atoms with Crippen molar-refractivity contribution in [2.24, 2.45) is 0 Å². The van der Waals surface area contributed by atoms with Crippen molar-refractivity contribution in [3.05, 3.63) is 66.2 Å². The van der Waals surface area contributed by atoms with E-state index in [4.69, 9.17) is 4.74 Å². The van der Waals surface area contributed by atoms with Gasteiger partial charge in [0.25, 0.3) is 0 Å². The summed E-state index contributed by atoms with van der Waals surface area (Å²) in [6.07, 6.45) is 3.51. The second-order valence-electron chi connectivity index (χ2n) is 5.58. The van der Waals surface area contributed by atoms with Crippen molar-refractivity contribution in [3.63, 3.8) is 0 Å². The summed E-state index contributed by atoms with van der Waals surface area (Å²) < 4.78 is 6.34. The number of nitrogens with zero attached hydrogens (tertiary/aromatic N) is 1. The molecule has 118 valence electrons. The highest BCUT2D eigenvalue weighted by atomic mass is 16.5. The lowest BCUT2D eigenvalue weighted by atomic mass is 10.1. The molecule has 2 aromatic rings. The minimum Gasteiger partial charge on any atom is -0.471 e. The van der Waals surface area contributed by atoms with Crippen molar-refractivity contribution < 1.29 is 4.74 Å². The van der Waals surface area contributed by atoms with Gasteiger partial charge in [-0.1, -0.05) is 68.8 Å². The van der Waals surface area contributed by atoms with Gasteiger partial charge < -0.3 is 4.74 Å². The van der Waals surface area contributed by atoms with Crippen LogP contribution in [0.25, 0.3) is 0 Å². The van der Waals surface area contributed by atoms with E-state index in [1.807, 2.05) is 30.3 Å². The molecule has 0 bridgehead atoms. The average molecular weight is 297 g/mol. The Balaban J connectivity index is 2.23. The SMILES string of the molecule is CCCCN(CCC)C(Oc1ccccc1)c1ccccc1. The molecule has 0 N–H and O–H groups in total. The van der Waals surface area contributed by atoms with E-state index in [2.05, 4.69) is 49.1 Å². The molecule has 1 unspecified atom stereocenters. The lowest BCUT2D eigenvalue weighted by molar-refractivity contribution is 0.0222. The second kappa shape index (κ2) is 9.26. The van der Waals surface area contributed by atoms with Crippen molar-refractivity contribution in [2.45, 2.75) is 39.3 Å². The van der Waals surface area contributed by atoms with Gasteiger partial charge in [0.05, 0.1) is 0 Å². The number of rotatable bonds is 9. The maximum absolute atomic E-state index is 6.34. The molecule has 0 radical (unpaired) electrons. The Bertz CT molecular complexity index is 512. The lowest BCUT2D eigenvalue weighted by Crippen LogP contribution is -2.34. The van der Waals surface area contributed by atoms with Crippen LogP contribution in [0.3, 0.4) is 0 Å². The minimum absolute atomic E-state index is 0.0184. The maximum atomic E-state index is 6.34. The summed E-state index contributed by atoms with van der Waals surface area (Å²) >= 11 is 0. The highest BCUT2D eigenvalue weighted by Crippen LogP contribution is 2.26. The zero-order valence-corrected chi connectivity index (χ0v) is 13.7. The molecular formula is C20H27NO. The molecule has 0 amide bonds. The summed E-state index contributed by atoms with van der Waals surface area (Å²) in [6, 6.07) is 20.7. The Morgan fingerprint density at radius 3 is 2.05 bits per heavy atom. The van der Waals surface area contributed by atoms with E-state index < -0.39 is 0 Å². The molecule has 0 fully saturated rings. The average Bonchev–Trinajstić information content (AvgIpc) is 2.58. The molecule has 2 nitrogen and oxygen atoms in total. The Kier molecular flexibility index (Phi) is 6.98. The maximum Gasteiger partial charge on any atom is 0.178 e. The van der Waals surface area contributed by atoms with Crippen molar-refractivity contribution in [2.75, 3.05) is 13.1 Å². The van der Waals surface area contributed by atoms with Crippen LogP contribution in [0.2, 0.25) is 0 Å². The lowest BCUT2D eigenvalue weighted by Gasteiger charge is -2.32. The van der Waals surface area contributed by atoms with Crippen LogP contribution in [0.4, 0.5) is 0 Å². The fourth-order valence-corrected chi connectivity index (χ4v) is 2.59. The highest BCUT2D eigenvalue weighted by Gasteiger charge is 2.21. The van der Waals surface area contributed by atoms with Crippen LogP contribution in [0, 0.1) is 0 Å². The first-order chi connectivity index (χ1) is 10.8. The number of ether oxygens (including phenoxy) is 1. The molecule has 0 saturated carbocycles. The number of para-hydroxylation sites is 1. The van der Waals surface area contributed by atoms with Gasteiger partial charge in [0.15, 0.2) is 6.23 Å². The monoisotopic (exact) mass is 297 g/mol. The first-order valence-electron chi connectivity index (χ1n) is 8.35. The largest absolute Gasteiger partial charge is 0.471 e. The predicted octanol–water partition coefficient (Wildman–Crippen LogP) is 5.28. The molecule has 0 aliphatic carbocycles. The third kappa shape index (κ3) is 4.88. The van der Waals surface area contributed by atoms with Gasteiger partial charge in [-0.2, -0.15) is 0 Å². The second-order valence-corrected chi connectivity index (χ2v) is 5.58. The van der Waals surface area contributed by atoms with E-state index in [0.29, 0.717) is 0 Å². The summed E-state index contributed by atoms with van der Waals surface area (Å²) in [5.41, 5.74) is 1.22. The van der Waals surface area contributed by atoms with Gasteiger partial charge in [0.1, 0.15) is 5.75 Å². The molecule has 0 aromatic heterocycles.